The summed E-state index contributed by atoms with van der Waals surface area (Å²) in [6, 6.07) is 8.34. The maximum absolute atomic E-state index is 12.6. The second-order valence-electron chi connectivity index (χ2n) is 7.16. The Hall–Kier alpha value is -2.89. The van der Waals surface area contributed by atoms with Gasteiger partial charge in [0.1, 0.15) is 0 Å². The largest absolute Gasteiger partial charge is 0.451 e. The summed E-state index contributed by atoms with van der Waals surface area (Å²) in [6.45, 7) is 11.7. The lowest BCUT2D eigenvalue weighted by atomic mass is 10.1. The number of anilines is 1. The van der Waals surface area contributed by atoms with Crippen LogP contribution in [0, 0.1) is 19.8 Å². The van der Waals surface area contributed by atoms with Crippen LogP contribution in [-0.2, 0) is 16.1 Å². The molecule has 0 bridgehead atoms. The standard InChI is InChI=1S/C22H28N2O4/c1-7-24-14(4)12-19(15(24)5)22(27)28-16(6)20(25)17-8-10-18(11-9-17)23-21(26)13(2)3/h8-13,16H,7H2,1-6H3,(H,23,26). The summed E-state index contributed by atoms with van der Waals surface area (Å²) in [5, 5.41) is 2.77. The van der Waals surface area contributed by atoms with Crippen molar-refractivity contribution in [1.29, 1.82) is 0 Å². The van der Waals surface area contributed by atoms with Gasteiger partial charge in [0.25, 0.3) is 0 Å². The molecule has 0 radical (unpaired) electrons. The maximum atomic E-state index is 12.6. The Labute approximate surface area is 165 Å². The van der Waals surface area contributed by atoms with Crippen molar-refractivity contribution < 1.29 is 19.1 Å². The van der Waals surface area contributed by atoms with Crippen LogP contribution in [-0.4, -0.2) is 28.3 Å². The molecule has 0 aliphatic rings. The van der Waals surface area contributed by atoms with Crippen LogP contribution in [0.1, 0.15) is 59.8 Å². The number of hydrogen-bond donors (Lipinski definition) is 1. The number of carbonyl (C=O) groups is 3. The molecule has 0 fully saturated rings. The van der Waals surface area contributed by atoms with Crippen molar-refractivity contribution in [3.05, 3.63) is 52.8 Å². The molecule has 1 unspecified atom stereocenters. The molecule has 1 aromatic heterocycles. The zero-order valence-corrected chi connectivity index (χ0v) is 17.3. The number of amides is 1. The number of esters is 1. The number of ether oxygens (including phenoxy) is 1. The van der Waals surface area contributed by atoms with E-state index < -0.39 is 12.1 Å². The van der Waals surface area contributed by atoms with Gasteiger partial charge >= 0.3 is 5.97 Å². The Morgan fingerprint density at radius 1 is 1.07 bits per heavy atom. The van der Waals surface area contributed by atoms with E-state index in [1.54, 1.807) is 51.1 Å². The zero-order chi connectivity index (χ0) is 21.0. The summed E-state index contributed by atoms with van der Waals surface area (Å²) in [5.74, 6) is -1.02. The summed E-state index contributed by atoms with van der Waals surface area (Å²) >= 11 is 0. The molecular weight excluding hydrogens is 356 g/mol. The normalized spacial score (nSPS) is 12.0. The molecule has 1 heterocycles. The lowest BCUT2D eigenvalue weighted by Gasteiger charge is -2.13. The number of ketones is 1. The van der Waals surface area contributed by atoms with Gasteiger partial charge in [-0.3, -0.25) is 9.59 Å². The van der Waals surface area contributed by atoms with Gasteiger partial charge in [-0.1, -0.05) is 13.8 Å². The van der Waals surface area contributed by atoms with Gasteiger partial charge in [-0.15, -0.1) is 0 Å². The molecule has 1 N–H and O–H groups in total. The summed E-state index contributed by atoms with van der Waals surface area (Å²) < 4.78 is 7.42. The van der Waals surface area contributed by atoms with Crippen molar-refractivity contribution in [3.8, 4) is 0 Å². The van der Waals surface area contributed by atoms with Gasteiger partial charge in [0.05, 0.1) is 5.56 Å². The van der Waals surface area contributed by atoms with Crippen LogP contribution in [0.4, 0.5) is 5.69 Å². The molecule has 0 saturated heterocycles. The Balaban J connectivity index is 2.06. The molecule has 6 nitrogen and oxygen atoms in total. The third kappa shape index (κ3) is 4.68. The number of nitrogens with one attached hydrogen (secondary N) is 1. The van der Waals surface area contributed by atoms with Crippen molar-refractivity contribution in [2.75, 3.05) is 5.32 Å². The summed E-state index contributed by atoms with van der Waals surface area (Å²) in [7, 11) is 0. The zero-order valence-electron chi connectivity index (χ0n) is 17.3. The van der Waals surface area contributed by atoms with Crippen LogP contribution in [0.3, 0.4) is 0 Å². The number of carbonyl (C=O) groups excluding carboxylic acids is 3. The molecule has 1 atom stereocenters. The third-order valence-corrected chi connectivity index (χ3v) is 4.72. The molecule has 2 rings (SSSR count). The van der Waals surface area contributed by atoms with Crippen LogP contribution >= 0.6 is 0 Å². The maximum Gasteiger partial charge on any atom is 0.340 e. The summed E-state index contributed by atoms with van der Waals surface area (Å²) in [5.41, 5.74) is 3.32. The molecule has 0 aliphatic carbocycles. The van der Waals surface area contributed by atoms with E-state index in [2.05, 4.69) is 5.32 Å². The molecule has 28 heavy (non-hydrogen) atoms. The van der Waals surface area contributed by atoms with Crippen molar-refractivity contribution in [2.24, 2.45) is 5.92 Å². The van der Waals surface area contributed by atoms with Gasteiger partial charge < -0.3 is 14.6 Å². The van der Waals surface area contributed by atoms with Gasteiger partial charge in [0.2, 0.25) is 11.7 Å². The van der Waals surface area contributed by atoms with Gasteiger partial charge in [-0.25, -0.2) is 4.79 Å². The summed E-state index contributed by atoms with van der Waals surface area (Å²) in [6.07, 6.45) is -0.909. The van der Waals surface area contributed by atoms with Crippen molar-refractivity contribution in [3.63, 3.8) is 0 Å². The highest BCUT2D eigenvalue weighted by atomic mass is 16.5. The molecule has 150 valence electrons. The highest BCUT2D eigenvalue weighted by Crippen LogP contribution is 2.18. The molecule has 0 aliphatic heterocycles. The third-order valence-electron chi connectivity index (χ3n) is 4.72. The predicted molar refractivity (Wildman–Crippen MR) is 109 cm³/mol. The quantitative estimate of drug-likeness (QED) is 0.575. The smallest absolute Gasteiger partial charge is 0.340 e. The fourth-order valence-corrected chi connectivity index (χ4v) is 3.01. The lowest BCUT2D eigenvalue weighted by Crippen LogP contribution is -2.24. The van der Waals surface area contributed by atoms with Crippen LogP contribution in [0.15, 0.2) is 30.3 Å². The van der Waals surface area contributed by atoms with Crippen molar-refractivity contribution in [1.82, 2.24) is 4.57 Å². The lowest BCUT2D eigenvalue weighted by molar-refractivity contribution is -0.118. The van der Waals surface area contributed by atoms with Crippen molar-refractivity contribution >= 4 is 23.3 Å². The number of Topliss-reactive ketones (excluding diaryl/α,β-unsaturated/α-hetero) is 1. The first-order valence-corrected chi connectivity index (χ1v) is 9.48. The van der Waals surface area contributed by atoms with E-state index in [4.69, 9.17) is 4.74 Å². The molecule has 6 heteroatoms. The van der Waals surface area contributed by atoms with Crippen LogP contribution in [0.5, 0.6) is 0 Å². The Morgan fingerprint density at radius 3 is 2.18 bits per heavy atom. The van der Waals surface area contributed by atoms with Crippen LogP contribution in [0.25, 0.3) is 0 Å². The van der Waals surface area contributed by atoms with E-state index in [1.165, 1.54) is 0 Å². The molecule has 2 aromatic rings. The average Bonchev–Trinajstić information content (AvgIpc) is 2.95. The topological polar surface area (TPSA) is 77.4 Å². The average molecular weight is 384 g/mol. The molecule has 1 aromatic carbocycles. The monoisotopic (exact) mass is 384 g/mol. The van der Waals surface area contributed by atoms with E-state index in [1.807, 2.05) is 25.3 Å². The SMILES string of the molecule is CCn1c(C)cc(C(=O)OC(C)C(=O)c2ccc(NC(=O)C(C)C)cc2)c1C. The fourth-order valence-electron chi connectivity index (χ4n) is 3.01. The number of aromatic nitrogens is 1. The second kappa shape index (κ2) is 8.87. The minimum atomic E-state index is -0.909. The fraction of sp³-hybridized carbons (Fsp3) is 0.409. The van der Waals surface area contributed by atoms with E-state index in [-0.39, 0.29) is 17.6 Å². The van der Waals surface area contributed by atoms with Gasteiger partial charge in [0, 0.05) is 35.1 Å². The van der Waals surface area contributed by atoms with E-state index in [0.29, 0.717) is 16.8 Å². The number of rotatable bonds is 7. The minimum Gasteiger partial charge on any atom is -0.451 e. The Morgan fingerprint density at radius 2 is 1.68 bits per heavy atom. The van der Waals surface area contributed by atoms with Gasteiger partial charge in [-0.2, -0.15) is 0 Å². The van der Waals surface area contributed by atoms with Crippen LogP contribution < -0.4 is 5.32 Å². The van der Waals surface area contributed by atoms with Gasteiger partial charge in [-0.05, 0) is 58.0 Å². The Bertz CT molecular complexity index is 879. The highest BCUT2D eigenvalue weighted by Gasteiger charge is 2.23. The first-order chi connectivity index (χ1) is 13.1. The number of benzene rings is 1. The van der Waals surface area contributed by atoms with Gasteiger partial charge in [0.15, 0.2) is 6.10 Å². The molecular formula is C22H28N2O4. The highest BCUT2D eigenvalue weighted by molar-refractivity contribution is 6.02. The molecule has 0 saturated carbocycles. The summed E-state index contributed by atoms with van der Waals surface area (Å²) in [4.78, 5) is 36.8. The van der Waals surface area contributed by atoms with E-state index in [0.717, 1.165) is 17.9 Å². The second-order valence-corrected chi connectivity index (χ2v) is 7.16. The molecule has 1 amide bonds. The minimum absolute atomic E-state index is 0.0916. The predicted octanol–water partition coefficient (Wildman–Crippen LogP) is 4.15. The van der Waals surface area contributed by atoms with Crippen molar-refractivity contribution in [2.45, 2.75) is 54.2 Å². The number of nitrogens with zero attached hydrogens (tertiary/aromatic N) is 1. The first-order valence-electron chi connectivity index (χ1n) is 9.48. The van der Waals surface area contributed by atoms with E-state index in [9.17, 15) is 14.4 Å². The Kier molecular flexibility index (Phi) is 6.78. The number of aryl methyl sites for hydroxylation is 1. The molecule has 0 spiro atoms. The van der Waals surface area contributed by atoms with Crippen LogP contribution in [0.2, 0.25) is 0 Å². The first kappa shape index (κ1) is 21.4. The van der Waals surface area contributed by atoms with E-state index >= 15 is 0 Å². The number of hydrogen-bond acceptors (Lipinski definition) is 4.